The molecule has 2 aliphatic rings. The molecule has 2 atom stereocenters. The molecule has 9 heteroatoms. The first-order valence-electron chi connectivity index (χ1n) is 9.89. The molecule has 4 rings (SSSR count). The molecule has 2 unspecified atom stereocenters. The Labute approximate surface area is 162 Å². The predicted molar refractivity (Wildman–Crippen MR) is 105 cm³/mol. The normalized spacial score (nSPS) is 24.3. The molecule has 2 fully saturated rings. The summed E-state index contributed by atoms with van der Waals surface area (Å²) in [4.78, 5) is 30.0. The van der Waals surface area contributed by atoms with Crippen LogP contribution in [-0.4, -0.2) is 55.6 Å². The molecule has 1 saturated carbocycles. The van der Waals surface area contributed by atoms with Crippen molar-refractivity contribution in [1.29, 1.82) is 0 Å². The maximum atomic E-state index is 12.5. The number of piperidine rings is 1. The van der Waals surface area contributed by atoms with Crippen molar-refractivity contribution >= 4 is 17.2 Å². The number of hydrogen-bond donors (Lipinski definition) is 2. The smallest absolute Gasteiger partial charge is 0.376 e. The van der Waals surface area contributed by atoms with E-state index in [-0.39, 0.29) is 24.0 Å². The first-order chi connectivity index (χ1) is 13.5. The first kappa shape index (κ1) is 18.8. The van der Waals surface area contributed by atoms with E-state index >= 15 is 0 Å². The van der Waals surface area contributed by atoms with E-state index in [0.717, 1.165) is 51.6 Å². The SMILES string of the molecule is O=c1c([N+](=O)[O-])c(NC2CCN(C3CCCCC3O)CC2)nc2ccccn12. The third-order valence-corrected chi connectivity index (χ3v) is 5.93. The van der Waals surface area contributed by atoms with Crippen LogP contribution in [0.25, 0.3) is 5.65 Å². The van der Waals surface area contributed by atoms with Crippen LogP contribution in [0.4, 0.5) is 11.5 Å². The van der Waals surface area contributed by atoms with Gasteiger partial charge in [0.15, 0.2) is 0 Å². The van der Waals surface area contributed by atoms with Crippen LogP contribution in [0.15, 0.2) is 29.2 Å². The Morgan fingerprint density at radius 3 is 2.64 bits per heavy atom. The van der Waals surface area contributed by atoms with Gasteiger partial charge in [0.25, 0.3) is 0 Å². The summed E-state index contributed by atoms with van der Waals surface area (Å²) in [6.07, 6.45) is 6.91. The summed E-state index contributed by atoms with van der Waals surface area (Å²) in [6.45, 7) is 1.64. The van der Waals surface area contributed by atoms with E-state index in [2.05, 4.69) is 15.2 Å². The van der Waals surface area contributed by atoms with E-state index in [1.807, 2.05) is 0 Å². The van der Waals surface area contributed by atoms with Gasteiger partial charge in [-0.1, -0.05) is 18.9 Å². The number of aliphatic hydroxyl groups excluding tert-OH is 1. The van der Waals surface area contributed by atoms with E-state index in [4.69, 9.17) is 0 Å². The van der Waals surface area contributed by atoms with Crippen molar-refractivity contribution in [2.45, 2.75) is 56.7 Å². The van der Waals surface area contributed by atoms with Crippen LogP contribution in [0.1, 0.15) is 38.5 Å². The first-order valence-corrected chi connectivity index (χ1v) is 9.89. The Kier molecular flexibility index (Phi) is 5.27. The topological polar surface area (TPSA) is 113 Å². The average molecular weight is 387 g/mol. The number of nitro groups is 1. The van der Waals surface area contributed by atoms with Crippen LogP contribution in [0.3, 0.4) is 0 Å². The average Bonchev–Trinajstić information content (AvgIpc) is 2.69. The Morgan fingerprint density at radius 2 is 1.93 bits per heavy atom. The fraction of sp³-hybridized carbons (Fsp3) is 0.579. The van der Waals surface area contributed by atoms with Crippen molar-refractivity contribution in [3.63, 3.8) is 0 Å². The molecule has 9 nitrogen and oxygen atoms in total. The van der Waals surface area contributed by atoms with E-state index in [1.165, 1.54) is 10.6 Å². The molecule has 3 heterocycles. The molecule has 1 aliphatic carbocycles. The highest BCUT2D eigenvalue weighted by atomic mass is 16.6. The summed E-state index contributed by atoms with van der Waals surface area (Å²) in [6, 6.07) is 5.26. The van der Waals surface area contributed by atoms with Gasteiger partial charge in [-0.25, -0.2) is 4.98 Å². The van der Waals surface area contributed by atoms with Gasteiger partial charge in [0.1, 0.15) is 5.65 Å². The minimum Gasteiger partial charge on any atom is -0.391 e. The standard InChI is InChI=1S/C19H25N5O4/c25-15-6-2-1-5-14(15)22-11-8-13(9-12-22)20-18-17(24(27)28)19(26)23-10-4-3-7-16(23)21-18/h3-4,7,10,13-15,20,25H,1-2,5-6,8-9,11-12H2. The molecule has 0 aromatic carbocycles. The van der Waals surface area contributed by atoms with Crippen LogP contribution in [0.5, 0.6) is 0 Å². The predicted octanol–water partition coefficient (Wildman–Crippen LogP) is 1.78. The lowest BCUT2D eigenvalue weighted by atomic mass is 9.89. The van der Waals surface area contributed by atoms with Crippen molar-refractivity contribution in [1.82, 2.24) is 14.3 Å². The van der Waals surface area contributed by atoms with Crippen LogP contribution < -0.4 is 10.9 Å². The molecule has 1 saturated heterocycles. The largest absolute Gasteiger partial charge is 0.391 e. The van der Waals surface area contributed by atoms with Crippen molar-refractivity contribution in [3.8, 4) is 0 Å². The number of rotatable bonds is 4. The monoisotopic (exact) mass is 387 g/mol. The van der Waals surface area contributed by atoms with Gasteiger partial charge >= 0.3 is 11.2 Å². The quantitative estimate of drug-likeness (QED) is 0.607. The highest BCUT2D eigenvalue weighted by Gasteiger charge is 2.32. The van der Waals surface area contributed by atoms with E-state index in [0.29, 0.717) is 5.65 Å². The number of fused-ring (bicyclic) bond motifs is 1. The van der Waals surface area contributed by atoms with Gasteiger partial charge in [0.05, 0.1) is 11.0 Å². The van der Waals surface area contributed by atoms with Crippen LogP contribution >= 0.6 is 0 Å². The summed E-state index contributed by atoms with van der Waals surface area (Å²) < 4.78 is 1.19. The Morgan fingerprint density at radius 1 is 1.18 bits per heavy atom. The zero-order valence-corrected chi connectivity index (χ0v) is 15.7. The van der Waals surface area contributed by atoms with Gasteiger partial charge in [-0.3, -0.25) is 24.2 Å². The van der Waals surface area contributed by atoms with Crippen LogP contribution in [0.2, 0.25) is 0 Å². The van der Waals surface area contributed by atoms with Gasteiger partial charge in [0.2, 0.25) is 5.82 Å². The van der Waals surface area contributed by atoms with E-state index in [1.54, 1.807) is 18.2 Å². The number of hydrogen-bond acceptors (Lipinski definition) is 7. The van der Waals surface area contributed by atoms with Crippen molar-refractivity contribution in [2.75, 3.05) is 18.4 Å². The summed E-state index contributed by atoms with van der Waals surface area (Å²) in [5.74, 6) is 0.0392. The van der Waals surface area contributed by atoms with Gasteiger partial charge in [0, 0.05) is 31.4 Å². The number of anilines is 1. The van der Waals surface area contributed by atoms with Crippen molar-refractivity contribution < 1.29 is 10.0 Å². The Hall–Kier alpha value is -2.52. The third-order valence-electron chi connectivity index (χ3n) is 5.93. The second-order valence-electron chi connectivity index (χ2n) is 7.67. The Bertz CT molecular complexity index is 922. The highest BCUT2D eigenvalue weighted by Crippen LogP contribution is 2.27. The van der Waals surface area contributed by atoms with Gasteiger partial charge in [-0.15, -0.1) is 0 Å². The van der Waals surface area contributed by atoms with Crippen molar-refractivity contribution in [3.05, 3.63) is 44.9 Å². The van der Waals surface area contributed by atoms with Gasteiger partial charge < -0.3 is 10.4 Å². The van der Waals surface area contributed by atoms with E-state index in [9.17, 15) is 20.0 Å². The molecule has 28 heavy (non-hydrogen) atoms. The molecular formula is C19H25N5O4. The fourth-order valence-corrected chi connectivity index (χ4v) is 4.43. The molecule has 2 aromatic heterocycles. The zero-order valence-electron chi connectivity index (χ0n) is 15.7. The molecule has 2 N–H and O–H groups in total. The second kappa shape index (κ2) is 7.84. The molecular weight excluding hydrogens is 362 g/mol. The summed E-state index contributed by atoms with van der Waals surface area (Å²) in [5.41, 5.74) is -0.821. The number of nitrogens with zero attached hydrogens (tertiary/aromatic N) is 4. The van der Waals surface area contributed by atoms with Gasteiger partial charge in [-0.05, 0) is 37.8 Å². The summed E-state index contributed by atoms with van der Waals surface area (Å²) in [7, 11) is 0. The molecule has 0 bridgehead atoms. The fourth-order valence-electron chi connectivity index (χ4n) is 4.43. The molecule has 0 amide bonds. The van der Waals surface area contributed by atoms with Gasteiger partial charge in [-0.2, -0.15) is 0 Å². The maximum Gasteiger partial charge on any atom is 0.376 e. The number of aromatic nitrogens is 2. The highest BCUT2D eigenvalue weighted by molar-refractivity contribution is 5.60. The lowest BCUT2D eigenvalue weighted by Crippen LogP contribution is -2.50. The minimum atomic E-state index is -0.680. The summed E-state index contributed by atoms with van der Waals surface area (Å²) in [5, 5.41) is 24.9. The third kappa shape index (κ3) is 3.59. The minimum absolute atomic E-state index is 0.00810. The van der Waals surface area contributed by atoms with Crippen LogP contribution in [-0.2, 0) is 0 Å². The zero-order chi connectivity index (χ0) is 19.7. The molecule has 150 valence electrons. The maximum absolute atomic E-state index is 12.5. The molecule has 1 aliphatic heterocycles. The second-order valence-corrected chi connectivity index (χ2v) is 7.67. The number of aliphatic hydroxyl groups is 1. The number of likely N-dealkylation sites (tertiary alicyclic amines) is 1. The lowest BCUT2D eigenvalue weighted by Gasteiger charge is -2.41. The molecule has 2 aromatic rings. The molecule has 0 radical (unpaired) electrons. The summed E-state index contributed by atoms with van der Waals surface area (Å²) >= 11 is 0. The number of nitrogens with one attached hydrogen (secondary N) is 1. The lowest BCUT2D eigenvalue weighted by molar-refractivity contribution is -0.385. The van der Waals surface area contributed by atoms with Crippen LogP contribution in [0, 0.1) is 10.1 Å². The number of pyridine rings is 1. The molecule has 0 spiro atoms. The van der Waals surface area contributed by atoms with Crippen molar-refractivity contribution in [2.24, 2.45) is 0 Å². The Balaban J connectivity index is 1.51. The van der Waals surface area contributed by atoms with E-state index < -0.39 is 16.2 Å².